The third-order valence-electron chi connectivity index (χ3n) is 4.87. The van der Waals surface area contributed by atoms with Crippen LogP contribution in [0.3, 0.4) is 0 Å². The molecule has 1 fully saturated rings. The summed E-state index contributed by atoms with van der Waals surface area (Å²) in [5.41, 5.74) is 1.59. The highest BCUT2D eigenvalue weighted by Crippen LogP contribution is 2.33. The largest absolute Gasteiger partial charge is 0.360 e. The first kappa shape index (κ1) is 20.1. The van der Waals surface area contributed by atoms with Crippen LogP contribution in [0, 0.1) is 12.7 Å². The molecule has 6 nitrogen and oxygen atoms in total. The first-order chi connectivity index (χ1) is 14.4. The van der Waals surface area contributed by atoms with E-state index in [-0.39, 0.29) is 40.1 Å². The molecule has 0 saturated heterocycles. The first-order valence-electron chi connectivity index (χ1n) is 9.52. The van der Waals surface area contributed by atoms with Gasteiger partial charge in [-0.2, -0.15) is 0 Å². The molecule has 0 unspecified atom stereocenters. The number of hydrogen-bond donors (Lipinski definition) is 2. The maximum Gasteiger partial charge on any atom is 0.257 e. The summed E-state index contributed by atoms with van der Waals surface area (Å²) in [5.74, 6) is -0.892. The number of amides is 2. The maximum absolute atomic E-state index is 14.3. The summed E-state index contributed by atoms with van der Waals surface area (Å²) in [7, 11) is 0. The Kier molecular flexibility index (Phi) is 5.55. The van der Waals surface area contributed by atoms with E-state index in [1.54, 1.807) is 31.2 Å². The van der Waals surface area contributed by atoms with Crippen LogP contribution < -0.4 is 10.6 Å². The third kappa shape index (κ3) is 4.21. The van der Waals surface area contributed by atoms with Crippen molar-refractivity contribution in [2.75, 3.05) is 0 Å². The van der Waals surface area contributed by atoms with Crippen molar-refractivity contribution in [1.29, 1.82) is 0 Å². The molecule has 4 rings (SSSR count). The van der Waals surface area contributed by atoms with E-state index in [0.717, 1.165) is 18.4 Å². The Balaban J connectivity index is 1.47. The minimum Gasteiger partial charge on any atom is -0.360 e. The SMILES string of the molecule is Cc1onc(-c2c(F)cccc2Cl)c1C(=O)NCc1ccc(C(=O)NC2CC2)cc1. The fraction of sp³-hybridized carbons (Fsp3) is 0.227. The van der Waals surface area contributed by atoms with Gasteiger partial charge in [-0.1, -0.05) is 35.0 Å². The zero-order valence-electron chi connectivity index (χ0n) is 16.2. The van der Waals surface area contributed by atoms with E-state index >= 15 is 0 Å². The summed E-state index contributed by atoms with van der Waals surface area (Å²) in [5, 5.41) is 9.68. The molecule has 2 aromatic carbocycles. The van der Waals surface area contributed by atoms with E-state index < -0.39 is 11.7 Å². The molecule has 0 bridgehead atoms. The Hall–Kier alpha value is -3.19. The molecule has 30 heavy (non-hydrogen) atoms. The molecule has 0 atom stereocenters. The molecule has 0 aliphatic heterocycles. The van der Waals surface area contributed by atoms with Crippen molar-refractivity contribution in [1.82, 2.24) is 15.8 Å². The molecule has 1 saturated carbocycles. The van der Waals surface area contributed by atoms with E-state index in [1.807, 2.05) is 0 Å². The van der Waals surface area contributed by atoms with Gasteiger partial charge in [0, 0.05) is 18.2 Å². The summed E-state index contributed by atoms with van der Waals surface area (Å²) in [6.07, 6.45) is 2.05. The molecule has 8 heteroatoms. The predicted molar refractivity (Wildman–Crippen MR) is 110 cm³/mol. The number of aryl methyl sites for hydroxylation is 1. The van der Waals surface area contributed by atoms with Gasteiger partial charge >= 0.3 is 0 Å². The van der Waals surface area contributed by atoms with Gasteiger partial charge < -0.3 is 15.2 Å². The highest BCUT2D eigenvalue weighted by Gasteiger charge is 2.25. The number of benzene rings is 2. The summed E-state index contributed by atoms with van der Waals surface area (Å²) in [6.45, 7) is 1.80. The summed E-state index contributed by atoms with van der Waals surface area (Å²) >= 11 is 6.11. The number of nitrogens with zero attached hydrogens (tertiary/aromatic N) is 1. The predicted octanol–water partition coefficient (Wildman–Crippen LogP) is 4.26. The summed E-state index contributed by atoms with van der Waals surface area (Å²) in [6, 6.07) is 11.5. The molecular formula is C22H19ClFN3O3. The zero-order valence-corrected chi connectivity index (χ0v) is 16.9. The number of nitrogens with one attached hydrogen (secondary N) is 2. The smallest absolute Gasteiger partial charge is 0.257 e. The van der Waals surface area contributed by atoms with E-state index in [2.05, 4.69) is 15.8 Å². The second kappa shape index (κ2) is 8.28. The molecule has 1 aliphatic rings. The fourth-order valence-corrected chi connectivity index (χ4v) is 3.33. The monoisotopic (exact) mass is 427 g/mol. The van der Waals surface area contributed by atoms with Crippen LogP contribution >= 0.6 is 11.6 Å². The van der Waals surface area contributed by atoms with E-state index in [0.29, 0.717) is 11.6 Å². The lowest BCUT2D eigenvalue weighted by Gasteiger charge is -2.08. The van der Waals surface area contributed by atoms with Crippen molar-refractivity contribution in [3.8, 4) is 11.3 Å². The van der Waals surface area contributed by atoms with Crippen LogP contribution in [0.1, 0.15) is 44.9 Å². The molecule has 3 aromatic rings. The first-order valence-corrected chi connectivity index (χ1v) is 9.90. The second-order valence-corrected chi connectivity index (χ2v) is 7.59. The van der Waals surface area contributed by atoms with Crippen LogP contribution in [0.2, 0.25) is 5.02 Å². The zero-order chi connectivity index (χ0) is 21.3. The lowest BCUT2D eigenvalue weighted by Crippen LogP contribution is -2.25. The Morgan fingerprint density at radius 2 is 1.90 bits per heavy atom. The second-order valence-electron chi connectivity index (χ2n) is 7.19. The van der Waals surface area contributed by atoms with Gasteiger partial charge in [-0.15, -0.1) is 0 Å². The van der Waals surface area contributed by atoms with Crippen molar-refractivity contribution in [2.45, 2.75) is 32.4 Å². The number of carbonyl (C=O) groups is 2. The molecule has 0 radical (unpaired) electrons. The van der Waals surface area contributed by atoms with Gasteiger partial charge in [-0.3, -0.25) is 9.59 Å². The van der Waals surface area contributed by atoms with Crippen LogP contribution in [-0.2, 0) is 6.54 Å². The lowest BCUT2D eigenvalue weighted by molar-refractivity contribution is 0.0941. The summed E-state index contributed by atoms with van der Waals surface area (Å²) < 4.78 is 19.4. The molecule has 2 N–H and O–H groups in total. The van der Waals surface area contributed by atoms with Crippen molar-refractivity contribution in [3.05, 3.63) is 75.8 Å². The average Bonchev–Trinajstić information content (AvgIpc) is 3.46. The Labute approximate surface area is 177 Å². The highest BCUT2D eigenvalue weighted by molar-refractivity contribution is 6.33. The van der Waals surface area contributed by atoms with Gasteiger partial charge in [0.1, 0.15) is 22.8 Å². The van der Waals surface area contributed by atoms with Crippen molar-refractivity contribution in [3.63, 3.8) is 0 Å². The van der Waals surface area contributed by atoms with Crippen LogP contribution in [-0.4, -0.2) is 23.0 Å². The third-order valence-corrected chi connectivity index (χ3v) is 5.19. The van der Waals surface area contributed by atoms with E-state index in [4.69, 9.17) is 16.1 Å². The molecule has 1 heterocycles. The van der Waals surface area contributed by atoms with Crippen molar-refractivity contribution >= 4 is 23.4 Å². The lowest BCUT2D eigenvalue weighted by atomic mass is 10.0. The highest BCUT2D eigenvalue weighted by atomic mass is 35.5. The standard InChI is InChI=1S/C22H19ClFN3O3/c1-12-18(20(27-30-12)19-16(23)3-2-4-17(19)24)22(29)25-11-13-5-7-14(8-6-13)21(28)26-15-9-10-15/h2-8,15H,9-11H2,1H3,(H,25,29)(H,26,28). The normalized spacial score (nSPS) is 13.2. The van der Waals surface area contributed by atoms with Gasteiger partial charge in [0.2, 0.25) is 0 Å². The number of rotatable bonds is 6. The van der Waals surface area contributed by atoms with Crippen LogP contribution in [0.4, 0.5) is 4.39 Å². The molecular weight excluding hydrogens is 409 g/mol. The van der Waals surface area contributed by atoms with Gasteiger partial charge in [-0.05, 0) is 49.6 Å². The average molecular weight is 428 g/mol. The van der Waals surface area contributed by atoms with E-state index in [9.17, 15) is 14.0 Å². The topological polar surface area (TPSA) is 84.2 Å². The molecule has 0 spiro atoms. The number of halogens is 2. The van der Waals surface area contributed by atoms with E-state index in [1.165, 1.54) is 18.2 Å². The fourth-order valence-electron chi connectivity index (χ4n) is 3.08. The van der Waals surface area contributed by atoms with Gasteiger partial charge in [0.25, 0.3) is 11.8 Å². The molecule has 1 aliphatic carbocycles. The van der Waals surface area contributed by atoms with Crippen LogP contribution in [0.5, 0.6) is 0 Å². The number of aromatic nitrogens is 1. The quantitative estimate of drug-likeness (QED) is 0.615. The van der Waals surface area contributed by atoms with Crippen molar-refractivity contribution < 1.29 is 18.5 Å². The minimum atomic E-state index is -0.593. The van der Waals surface area contributed by atoms with Crippen molar-refractivity contribution in [2.24, 2.45) is 0 Å². The molecule has 1 aromatic heterocycles. The maximum atomic E-state index is 14.3. The van der Waals surface area contributed by atoms with Crippen LogP contribution in [0.15, 0.2) is 47.0 Å². The van der Waals surface area contributed by atoms with Gasteiger partial charge in [-0.25, -0.2) is 4.39 Å². The molecule has 154 valence electrons. The number of hydrogen-bond acceptors (Lipinski definition) is 4. The minimum absolute atomic E-state index is 0.0206. The Bertz CT molecular complexity index is 1090. The Morgan fingerprint density at radius 3 is 2.57 bits per heavy atom. The summed E-state index contributed by atoms with van der Waals surface area (Å²) in [4.78, 5) is 24.8. The van der Waals surface area contributed by atoms with Gasteiger partial charge in [0.05, 0.1) is 10.6 Å². The Morgan fingerprint density at radius 1 is 1.17 bits per heavy atom. The molecule has 2 amide bonds. The van der Waals surface area contributed by atoms with Crippen LogP contribution in [0.25, 0.3) is 11.3 Å². The number of carbonyl (C=O) groups excluding carboxylic acids is 2. The van der Waals surface area contributed by atoms with Gasteiger partial charge in [0.15, 0.2) is 0 Å².